The number of nitrogens with one attached hydrogen (secondary N) is 2. The largest absolute Gasteiger partial charge is 0.355 e. The highest BCUT2D eigenvalue weighted by atomic mass is 127. The number of halogens is 2. The molecule has 0 bridgehead atoms. The van der Waals surface area contributed by atoms with Gasteiger partial charge >= 0.3 is 0 Å². The fraction of sp³-hybridized carbons (Fsp3) is 0.500. The molecule has 0 spiro atoms. The molecule has 0 aliphatic heterocycles. The Morgan fingerprint density at radius 1 is 1.35 bits per heavy atom. The highest BCUT2D eigenvalue weighted by molar-refractivity contribution is 14.0. The fourth-order valence-corrected chi connectivity index (χ4v) is 1.64. The normalized spacial score (nSPS) is 11.8. The van der Waals surface area contributed by atoms with E-state index in [1.54, 1.807) is 24.9 Å². The molecule has 1 aromatic carbocycles. The van der Waals surface area contributed by atoms with Crippen LogP contribution in [0.25, 0.3) is 0 Å². The van der Waals surface area contributed by atoms with Crippen molar-refractivity contribution in [3.05, 3.63) is 35.6 Å². The third kappa shape index (κ3) is 7.33. The highest BCUT2D eigenvalue weighted by Gasteiger charge is 2.15. The van der Waals surface area contributed by atoms with Crippen LogP contribution in [0.3, 0.4) is 0 Å². The molecular formula is C14H23FIN3S. The Labute approximate surface area is 142 Å². The smallest absolute Gasteiger partial charge is 0.191 e. The molecule has 0 amide bonds. The molecule has 0 saturated heterocycles. The van der Waals surface area contributed by atoms with Crippen LogP contribution < -0.4 is 10.6 Å². The van der Waals surface area contributed by atoms with E-state index in [9.17, 15) is 4.39 Å². The first-order chi connectivity index (χ1) is 8.96. The maximum Gasteiger partial charge on any atom is 0.191 e. The van der Waals surface area contributed by atoms with Gasteiger partial charge in [0, 0.05) is 24.9 Å². The highest BCUT2D eigenvalue weighted by Crippen LogP contribution is 2.19. The lowest BCUT2D eigenvalue weighted by molar-refractivity contribution is 0.624. The van der Waals surface area contributed by atoms with Crippen LogP contribution >= 0.6 is 35.7 Å². The van der Waals surface area contributed by atoms with Crippen LogP contribution in [0, 0.1) is 5.82 Å². The summed E-state index contributed by atoms with van der Waals surface area (Å²) in [4.78, 5) is 4.15. The van der Waals surface area contributed by atoms with Gasteiger partial charge in [-0.05, 0) is 37.8 Å². The number of hydrogen-bond acceptors (Lipinski definition) is 2. The van der Waals surface area contributed by atoms with Gasteiger partial charge in [0.15, 0.2) is 5.96 Å². The zero-order valence-electron chi connectivity index (χ0n) is 12.4. The minimum absolute atomic E-state index is 0. The number of nitrogens with zero attached hydrogens (tertiary/aromatic N) is 1. The standard InChI is InChI=1S/C14H22FN3S.HI/c1-14(2,19-4)10-18-13(16-3)17-9-11-6-5-7-12(15)8-11;/h5-8H,9-10H2,1-4H3,(H2,16,17,18);1H. The van der Waals surface area contributed by atoms with Crippen LogP contribution in [0.15, 0.2) is 29.3 Å². The zero-order valence-corrected chi connectivity index (χ0v) is 15.5. The molecule has 1 aromatic rings. The molecule has 0 saturated carbocycles. The first-order valence-electron chi connectivity index (χ1n) is 6.21. The first kappa shape index (κ1) is 19.5. The number of guanidine groups is 1. The van der Waals surface area contributed by atoms with Crippen molar-refractivity contribution in [2.24, 2.45) is 4.99 Å². The number of aliphatic imine (C=N–C) groups is 1. The van der Waals surface area contributed by atoms with Gasteiger partial charge < -0.3 is 10.6 Å². The lowest BCUT2D eigenvalue weighted by Crippen LogP contribution is -2.42. The molecule has 0 aromatic heterocycles. The van der Waals surface area contributed by atoms with E-state index in [2.05, 4.69) is 35.7 Å². The molecule has 6 heteroatoms. The average Bonchev–Trinajstić information content (AvgIpc) is 2.39. The summed E-state index contributed by atoms with van der Waals surface area (Å²) >= 11 is 1.80. The third-order valence-electron chi connectivity index (χ3n) is 2.81. The molecule has 0 atom stereocenters. The van der Waals surface area contributed by atoms with Crippen molar-refractivity contribution in [1.82, 2.24) is 10.6 Å². The molecule has 0 aliphatic carbocycles. The monoisotopic (exact) mass is 411 g/mol. The van der Waals surface area contributed by atoms with Crippen molar-refractivity contribution in [1.29, 1.82) is 0 Å². The van der Waals surface area contributed by atoms with E-state index < -0.39 is 0 Å². The van der Waals surface area contributed by atoms with Crippen LogP contribution in [0.4, 0.5) is 4.39 Å². The van der Waals surface area contributed by atoms with E-state index in [-0.39, 0.29) is 34.5 Å². The molecule has 2 N–H and O–H groups in total. The number of benzene rings is 1. The van der Waals surface area contributed by atoms with Crippen molar-refractivity contribution in [3.63, 3.8) is 0 Å². The van der Waals surface area contributed by atoms with Crippen molar-refractivity contribution in [2.75, 3.05) is 19.8 Å². The van der Waals surface area contributed by atoms with Gasteiger partial charge in [0.05, 0.1) is 0 Å². The molecule has 0 fully saturated rings. The third-order valence-corrected chi connectivity index (χ3v) is 4.06. The second kappa shape index (κ2) is 9.44. The molecular weight excluding hydrogens is 388 g/mol. The maximum atomic E-state index is 13.0. The van der Waals surface area contributed by atoms with Gasteiger partial charge in [-0.15, -0.1) is 24.0 Å². The minimum atomic E-state index is -0.217. The van der Waals surface area contributed by atoms with Gasteiger partial charge in [0.2, 0.25) is 0 Å². The summed E-state index contributed by atoms with van der Waals surface area (Å²) in [5.41, 5.74) is 0.895. The predicted octanol–water partition coefficient (Wildman–Crippen LogP) is 3.25. The van der Waals surface area contributed by atoms with E-state index in [1.165, 1.54) is 12.1 Å². The van der Waals surface area contributed by atoms with E-state index in [0.717, 1.165) is 18.1 Å². The van der Waals surface area contributed by atoms with E-state index in [0.29, 0.717) is 6.54 Å². The summed E-state index contributed by atoms with van der Waals surface area (Å²) in [6.45, 7) is 5.71. The Hall–Kier alpha value is -0.500. The summed E-state index contributed by atoms with van der Waals surface area (Å²) in [5.74, 6) is 0.511. The van der Waals surface area contributed by atoms with E-state index in [1.807, 2.05) is 6.07 Å². The summed E-state index contributed by atoms with van der Waals surface area (Å²) in [7, 11) is 1.73. The van der Waals surface area contributed by atoms with Gasteiger partial charge in [-0.1, -0.05) is 12.1 Å². The molecule has 0 radical (unpaired) electrons. The second-order valence-electron chi connectivity index (χ2n) is 4.87. The Balaban J connectivity index is 0.00000361. The SMILES string of the molecule is CN=C(NCc1cccc(F)c1)NCC(C)(C)SC.I. The molecule has 3 nitrogen and oxygen atoms in total. The lowest BCUT2D eigenvalue weighted by atomic mass is 10.2. The molecule has 1 rings (SSSR count). The first-order valence-corrected chi connectivity index (χ1v) is 7.43. The summed E-state index contributed by atoms with van der Waals surface area (Å²) in [5, 5.41) is 6.44. The molecule has 0 unspecified atom stereocenters. The average molecular weight is 411 g/mol. The quantitative estimate of drug-likeness (QED) is 0.444. The summed E-state index contributed by atoms with van der Waals surface area (Å²) in [6.07, 6.45) is 2.09. The number of thioether (sulfide) groups is 1. The fourth-order valence-electron chi connectivity index (χ4n) is 1.42. The van der Waals surface area contributed by atoms with Gasteiger partial charge in [-0.25, -0.2) is 4.39 Å². The van der Waals surface area contributed by atoms with Crippen LogP contribution in [-0.4, -0.2) is 30.6 Å². The Bertz CT molecular complexity index is 438. The molecule has 20 heavy (non-hydrogen) atoms. The summed E-state index contributed by atoms with van der Waals surface area (Å²) in [6, 6.07) is 6.55. The van der Waals surface area contributed by atoms with Crippen molar-refractivity contribution in [2.45, 2.75) is 25.1 Å². The number of rotatable bonds is 5. The van der Waals surface area contributed by atoms with Gasteiger partial charge in [0.25, 0.3) is 0 Å². The molecule has 0 heterocycles. The predicted molar refractivity (Wildman–Crippen MR) is 97.6 cm³/mol. The maximum absolute atomic E-state index is 13.0. The number of hydrogen-bond donors (Lipinski definition) is 2. The molecule has 0 aliphatic rings. The van der Waals surface area contributed by atoms with Crippen molar-refractivity contribution in [3.8, 4) is 0 Å². The van der Waals surface area contributed by atoms with Gasteiger partial charge in [-0.3, -0.25) is 4.99 Å². The lowest BCUT2D eigenvalue weighted by Gasteiger charge is -2.23. The van der Waals surface area contributed by atoms with E-state index >= 15 is 0 Å². The van der Waals surface area contributed by atoms with Gasteiger partial charge in [0.1, 0.15) is 5.82 Å². The summed E-state index contributed by atoms with van der Waals surface area (Å²) < 4.78 is 13.2. The Morgan fingerprint density at radius 2 is 2.05 bits per heavy atom. The Morgan fingerprint density at radius 3 is 2.60 bits per heavy atom. The minimum Gasteiger partial charge on any atom is -0.355 e. The van der Waals surface area contributed by atoms with Crippen LogP contribution in [0.1, 0.15) is 19.4 Å². The van der Waals surface area contributed by atoms with Crippen LogP contribution in [0.2, 0.25) is 0 Å². The van der Waals surface area contributed by atoms with Crippen LogP contribution in [-0.2, 0) is 6.54 Å². The van der Waals surface area contributed by atoms with Crippen molar-refractivity contribution < 1.29 is 4.39 Å². The Kier molecular flexibility index (Phi) is 9.20. The van der Waals surface area contributed by atoms with Crippen molar-refractivity contribution >= 4 is 41.7 Å². The zero-order chi connectivity index (χ0) is 14.3. The topological polar surface area (TPSA) is 36.4 Å². The van der Waals surface area contributed by atoms with E-state index in [4.69, 9.17) is 0 Å². The van der Waals surface area contributed by atoms with Gasteiger partial charge in [-0.2, -0.15) is 11.8 Å². The second-order valence-corrected chi connectivity index (χ2v) is 6.39. The van der Waals surface area contributed by atoms with Crippen LogP contribution in [0.5, 0.6) is 0 Å². The molecule has 114 valence electrons.